The minimum absolute atomic E-state index is 0.228. The van der Waals surface area contributed by atoms with Crippen molar-refractivity contribution in [2.75, 3.05) is 6.61 Å². The summed E-state index contributed by atoms with van der Waals surface area (Å²) in [5, 5.41) is 0. The first-order valence-corrected chi connectivity index (χ1v) is 12.5. The van der Waals surface area contributed by atoms with Crippen LogP contribution in [0, 0.1) is 0 Å². The average molecular weight is 489 g/mol. The Labute approximate surface area is 212 Å². The summed E-state index contributed by atoms with van der Waals surface area (Å²) >= 11 is 0. The van der Waals surface area contributed by atoms with Crippen molar-refractivity contribution in [2.45, 2.75) is 63.2 Å². The van der Waals surface area contributed by atoms with E-state index in [4.69, 9.17) is 23.7 Å². The van der Waals surface area contributed by atoms with Crippen LogP contribution in [0.4, 0.5) is 0 Å². The first-order chi connectivity index (χ1) is 17.8. The van der Waals surface area contributed by atoms with Crippen molar-refractivity contribution in [1.29, 1.82) is 0 Å². The van der Waals surface area contributed by atoms with Crippen LogP contribution in [0.3, 0.4) is 0 Å². The van der Waals surface area contributed by atoms with E-state index in [1.165, 1.54) is 0 Å². The maximum atomic E-state index is 12.2. The van der Waals surface area contributed by atoms with Crippen LogP contribution < -0.4 is 0 Å². The normalized spacial score (nSPS) is 25.7. The van der Waals surface area contributed by atoms with Gasteiger partial charge in [0.1, 0.15) is 18.3 Å². The number of fused-ring (bicyclic) bond motifs is 1. The molecule has 0 aliphatic carbocycles. The SMILES string of the molecule is O=C1CC[C@@H]2O[C@H](COCc3ccccc3)[C@@H](OCc3ccccc3)[C@H](OCc3ccccc3)[C@H]2O1. The molecule has 0 saturated carbocycles. The molecule has 5 atom stereocenters. The molecule has 188 valence electrons. The zero-order chi connectivity index (χ0) is 24.6. The first kappa shape index (κ1) is 24.7. The van der Waals surface area contributed by atoms with Crippen molar-refractivity contribution in [1.82, 2.24) is 0 Å². The number of rotatable bonds is 10. The number of carbonyl (C=O) groups excluding carboxylic acids is 1. The Bertz CT molecular complexity index is 1070. The summed E-state index contributed by atoms with van der Waals surface area (Å²) < 4.78 is 31.2. The summed E-state index contributed by atoms with van der Waals surface area (Å²) in [5.41, 5.74) is 3.18. The highest BCUT2D eigenvalue weighted by Crippen LogP contribution is 2.34. The van der Waals surface area contributed by atoms with Gasteiger partial charge in [-0.05, 0) is 23.1 Å². The molecule has 6 heteroatoms. The Morgan fingerprint density at radius 2 is 1.22 bits per heavy atom. The van der Waals surface area contributed by atoms with Gasteiger partial charge in [-0.1, -0.05) is 91.0 Å². The second kappa shape index (κ2) is 12.3. The third-order valence-electron chi connectivity index (χ3n) is 6.59. The van der Waals surface area contributed by atoms with Gasteiger partial charge >= 0.3 is 5.97 Å². The summed E-state index contributed by atoms with van der Waals surface area (Å²) in [6.45, 7) is 1.59. The van der Waals surface area contributed by atoms with E-state index < -0.39 is 18.3 Å². The topological polar surface area (TPSA) is 63.2 Å². The van der Waals surface area contributed by atoms with E-state index in [9.17, 15) is 4.79 Å². The van der Waals surface area contributed by atoms with E-state index in [1.807, 2.05) is 91.0 Å². The van der Waals surface area contributed by atoms with Crippen molar-refractivity contribution in [3.05, 3.63) is 108 Å². The smallest absolute Gasteiger partial charge is 0.306 e. The van der Waals surface area contributed by atoms with Gasteiger partial charge in [0.05, 0.1) is 32.5 Å². The molecule has 0 N–H and O–H groups in total. The Balaban J connectivity index is 1.35. The fraction of sp³-hybridized carbons (Fsp3) is 0.367. The molecule has 36 heavy (non-hydrogen) atoms. The molecule has 2 aliphatic rings. The molecule has 2 aliphatic heterocycles. The molecule has 6 nitrogen and oxygen atoms in total. The van der Waals surface area contributed by atoms with Gasteiger partial charge in [-0.15, -0.1) is 0 Å². The lowest BCUT2D eigenvalue weighted by molar-refractivity contribution is -0.274. The van der Waals surface area contributed by atoms with E-state index >= 15 is 0 Å². The van der Waals surface area contributed by atoms with Crippen LogP contribution in [-0.2, 0) is 48.3 Å². The molecule has 0 radical (unpaired) electrons. The highest BCUT2D eigenvalue weighted by atomic mass is 16.6. The molecule has 0 bridgehead atoms. The highest BCUT2D eigenvalue weighted by Gasteiger charge is 2.51. The van der Waals surface area contributed by atoms with Gasteiger partial charge < -0.3 is 23.7 Å². The van der Waals surface area contributed by atoms with E-state index in [-0.39, 0.29) is 18.2 Å². The predicted octanol–water partition coefficient (Wildman–Crippen LogP) is 4.85. The minimum Gasteiger partial charge on any atom is -0.457 e. The van der Waals surface area contributed by atoms with Gasteiger partial charge in [-0.2, -0.15) is 0 Å². The van der Waals surface area contributed by atoms with Crippen LogP contribution in [-0.4, -0.2) is 43.1 Å². The molecule has 0 spiro atoms. The maximum Gasteiger partial charge on any atom is 0.306 e. The number of ether oxygens (including phenoxy) is 5. The van der Waals surface area contributed by atoms with E-state index in [0.717, 1.165) is 16.7 Å². The fourth-order valence-electron chi connectivity index (χ4n) is 4.76. The number of carbonyl (C=O) groups is 1. The molecule has 2 saturated heterocycles. The van der Waals surface area contributed by atoms with Crippen molar-refractivity contribution >= 4 is 5.97 Å². The summed E-state index contributed by atoms with van der Waals surface area (Å²) in [6.07, 6.45) is -1.18. The number of benzene rings is 3. The Kier molecular flexibility index (Phi) is 8.41. The van der Waals surface area contributed by atoms with E-state index in [2.05, 4.69) is 0 Å². The van der Waals surface area contributed by atoms with Crippen molar-refractivity contribution in [3.63, 3.8) is 0 Å². The molecule has 0 aromatic heterocycles. The summed E-state index contributed by atoms with van der Waals surface area (Å²) in [5.74, 6) is -0.228. The highest BCUT2D eigenvalue weighted by molar-refractivity contribution is 5.70. The monoisotopic (exact) mass is 488 g/mol. The second-order valence-electron chi connectivity index (χ2n) is 9.23. The number of esters is 1. The lowest BCUT2D eigenvalue weighted by Gasteiger charge is -2.47. The average Bonchev–Trinajstić information content (AvgIpc) is 2.93. The van der Waals surface area contributed by atoms with Gasteiger partial charge in [-0.25, -0.2) is 0 Å². The molecule has 5 rings (SSSR count). The Morgan fingerprint density at radius 3 is 1.81 bits per heavy atom. The van der Waals surface area contributed by atoms with Crippen LogP contribution >= 0.6 is 0 Å². The molecule has 0 unspecified atom stereocenters. The quantitative estimate of drug-likeness (QED) is 0.380. The Hall–Kier alpha value is -3.03. The standard InChI is InChI=1S/C30H32O6/c31-27-17-16-25-29(36-27)30(34-20-24-14-8-3-9-15-24)28(33-19-23-12-6-2-7-13-23)26(35-25)21-32-18-22-10-4-1-5-11-22/h1-15,25-26,28-30H,16-21H2/t25-,26+,28+,29-,30-/m0/s1. The molecule has 3 aromatic carbocycles. The molecular weight excluding hydrogens is 456 g/mol. The molecule has 0 amide bonds. The van der Waals surface area contributed by atoms with Gasteiger partial charge in [0.25, 0.3) is 0 Å². The number of hydrogen-bond acceptors (Lipinski definition) is 6. The Morgan fingerprint density at radius 1 is 0.694 bits per heavy atom. The third-order valence-corrected chi connectivity index (χ3v) is 6.59. The number of hydrogen-bond donors (Lipinski definition) is 0. The molecule has 3 aromatic rings. The van der Waals surface area contributed by atoms with Crippen LogP contribution in [0.5, 0.6) is 0 Å². The van der Waals surface area contributed by atoms with Crippen LogP contribution in [0.15, 0.2) is 91.0 Å². The minimum atomic E-state index is -0.527. The van der Waals surface area contributed by atoms with Gasteiger partial charge in [0.15, 0.2) is 6.10 Å². The fourth-order valence-corrected chi connectivity index (χ4v) is 4.76. The van der Waals surface area contributed by atoms with Gasteiger partial charge in [0, 0.05) is 6.42 Å². The third kappa shape index (κ3) is 6.39. The van der Waals surface area contributed by atoms with Crippen molar-refractivity contribution in [3.8, 4) is 0 Å². The van der Waals surface area contributed by atoms with Gasteiger partial charge in [0.2, 0.25) is 0 Å². The lowest BCUT2D eigenvalue weighted by atomic mass is 9.90. The van der Waals surface area contributed by atoms with E-state index in [0.29, 0.717) is 39.3 Å². The maximum absolute atomic E-state index is 12.2. The summed E-state index contributed by atoms with van der Waals surface area (Å²) in [4.78, 5) is 12.2. The predicted molar refractivity (Wildman–Crippen MR) is 134 cm³/mol. The molecular formula is C30H32O6. The van der Waals surface area contributed by atoms with E-state index in [1.54, 1.807) is 0 Å². The zero-order valence-corrected chi connectivity index (χ0v) is 20.2. The van der Waals surface area contributed by atoms with Crippen LogP contribution in [0.1, 0.15) is 29.5 Å². The molecule has 2 fully saturated rings. The first-order valence-electron chi connectivity index (χ1n) is 12.5. The second-order valence-corrected chi connectivity index (χ2v) is 9.23. The van der Waals surface area contributed by atoms with Gasteiger partial charge in [-0.3, -0.25) is 4.79 Å². The van der Waals surface area contributed by atoms with Crippen LogP contribution in [0.25, 0.3) is 0 Å². The molecule has 2 heterocycles. The van der Waals surface area contributed by atoms with Crippen LogP contribution in [0.2, 0.25) is 0 Å². The van der Waals surface area contributed by atoms with Crippen molar-refractivity contribution < 1.29 is 28.5 Å². The van der Waals surface area contributed by atoms with Crippen molar-refractivity contribution in [2.24, 2.45) is 0 Å². The zero-order valence-electron chi connectivity index (χ0n) is 20.2. The summed E-state index contributed by atoms with van der Waals surface area (Å²) in [6, 6.07) is 30.0. The largest absolute Gasteiger partial charge is 0.457 e. The summed E-state index contributed by atoms with van der Waals surface area (Å²) in [7, 11) is 0. The lowest BCUT2D eigenvalue weighted by Crippen LogP contribution is -2.62.